The first-order chi connectivity index (χ1) is 18.8. The molecule has 3 N–H and O–H groups in total. The number of anilines is 2. The second-order valence-electron chi connectivity index (χ2n) is 9.39. The highest BCUT2D eigenvalue weighted by atomic mass is 16.5. The fourth-order valence-corrected chi connectivity index (χ4v) is 4.74. The van der Waals surface area contributed by atoms with Crippen molar-refractivity contribution in [3.63, 3.8) is 0 Å². The minimum absolute atomic E-state index is 0.0471. The summed E-state index contributed by atoms with van der Waals surface area (Å²) in [6.45, 7) is 4.17. The number of aryl methyl sites for hydroxylation is 1. The third kappa shape index (κ3) is 5.30. The van der Waals surface area contributed by atoms with Gasteiger partial charge in [-0.25, -0.2) is 4.98 Å². The van der Waals surface area contributed by atoms with E-state index in [0.29, 0.717) is 48.8 Å². The summed E-state index contributed by atoms with van der Waals surface area (Å²) in [5, 5.41) is 3.11. The number of nitrogens with two attached hydrogens (primary N) is 1. The van der Waals surface area contributed by atoms with E-state index in [1.54, 1.807) is 54.5 Å². The molecule has 3 aromatic carbocycles. The minimum Gasteiger partial charge on any atom is -0.378 e. The summed E-state index contributed by atoms with van der Waals surface area (Å²) in [5.74, 6) is -0.390. The van der Waals surface area contributed by atoms with Gasteiger partial charge in [-0.05, 0) is 53.9 Å². The predicted octanol–water partition coefficient (Wildman–Crippen LogP) is 3.74. The van der Waals surface area contributed by atoms with Crippen LogP contribution in [0.15, 0.2) is 77.7 Å². The highest BCUT2D eigenvalue weighted by molar-refractivity contribution is 6.00. The van der Waals surface area contributed by atoms with Crippen LogP contribution in [0.25, 0.3) is 22.4 Å². The van der Waals surface area contributed by atoms with Crippen LogP contribution >= 0.6 is 0 Å². The van der Waals surface area contributed by atoms with Crippen LogP contribution in [0.1, 0.15) is 26.3 Å². The Morgan fingerprint density at radius 3 is 2.31 bits per heavy atom. The van der Waals surface area contributed by atoms with Gasteiger partial charge in [0, 0.05) is 48.7 Å². The van der Waals surface area contributed by atoms with Crippen molar-refractivity contribution in [2.45, 2.75) is 6.92 Å². The number of nitrogens with zero attached hydrogens (tertiary/aromatic N) is 3. The summed E-state index contributed by atoms with van der Waals surface area (Å²) in [4.78, 5) is 44.2. The van der Waals surface area contributed by atoms with Crippen LogP contribution in [0, 0.1) is 6.92 Å². The van der Waals surface area contributed by atoms with Gasteiger partial charge in [-0.2, -0.15) is 0 Å². The Kier molecular flexibility index (Phi) is 7.25. The zero-order valence-electron chi connectivity index (χ0n) is 21.8. The van der Waals surface area contributed by atoms with E-state index in [0.717, 1.165) is 22.3 Å². The lowest BCUT2D eigenvalue weighted by atomic mass is 9.92. The number of amides is 2. The van der Waals surface area contributed by atoms with Crippen molar-refractivity contribution in [3.8, 4) is 22.4 Å². The Morgan fingerprint density at radius 2 is 1.59 bits per heavy atom. The fraction of sp³-hybridized carbons (Fsp3) is 0.200. The van der Waals surface area contributed by atoms with E-state index in [1.807, 2.05) is 37.3 Å². The Hall–Kier alpha value is -4.76. The first kappa shape index (κ1) is 25.9. The van der Waals surface area contributed by atoms with Crippen molar-refractivity contribution in [2.75, 3.05) is 31.6 Å². The van der Waals surface area contributed by atoms with Crippen molar-refractivity contribution in [1.82, 2.24) is 14.5 Å². The molecule has 0 spiro atoms. The van der Waals surface area contributed by atoms with Gasteiger partial charge in [0.15, 0.2) is 5.82 Å². The standard InChI is InChI=1S/C30H29N5O4/c1-19-22(24-6-3-4-7-25(24)27(31)36)8-5-9-23(19)26-18-34(2)30(38)28(33-26)32-21-12-10-20(11-13-21)29(37)35-14-16-39-17-15-35/h3-13,18H,14-17H2,1-2H3,(H2,31,36)(H,32,33). The van der Waals surface area contributed by atoms with Crippen LogP contribution in [0.2, 0.25) is 0 Å². The Morgan fingerprint density at radius 1 is 0.923 bits per heavy atom. The molecule has 1 aliphatic rings. The fourth-order valence-electron chi connectivity index (χ4n) is 4.74. The van der Waals surface area contributed by atoms with Gasteiger partial charge in [-0.15, -0.1) is 0 Å². The molecule has 0 atom stereocenters. The summed E-state index contributed by atoms with van der Waals surface area (Å²) in [6.07, 6.45) is 1.68. The van der Waals surface area contributed by atoms with Crippen LogP contribution in [-0.2, 0) is 11.8 Å². The number of aromatic nitrogens is 2. The zero-order valence-corrected chi connectivity index (χ0v) is 21.8. The average Bonchev–Trinajstić information content (AvgIpc) is 2.96. The van der Waals surface area contributed by atoms with Crippen molar-refractivity contribution >= 4 is 23.3 Å². The molecule has 2 amide bonds. The molecule has 1 fully saturated rings. The molecule has 5 rings (SSSR count). The molecular formula is C30H29N5O4. The van der Waals surface area contributed by atoms with E-state index in [4.69, 9.17) is 10.5 Å². The van der Waals surface area contributed by atoms with E-state index < -0.39 is 5.91 Å². The van der Waals surface area contributed by atoms with Gasteiger partial charge in [0.2, 0.25) is 5.91 Å². The monoisotopic (exact) mass is 523 g/mol. The number of nitrogens with one attached hydrogen (secondary N) is 1. The van der Waals surface area contributed by atoms with Crippen LogP contribution in [0.3, 0.4) is 0 Å². The predicted molar refractivity (Wildman–Crippen MR) is 150 cm³/mol. The van der Waals surface area contributed by atoms with Crippen LogP contribution < -0.4 is 16.6 Å². The number of morpholine rings is 1. The third-order valence-electron chi connectivity index (χ3n) is 6.86. The van der Waals surface area contributed by atoms with E-state index >= 15 is 0 Å². The molecule has 0 radical (unpaired) electrons. The van der Waals surface area contributed by atoms with Crippen molar-refractivity contribution in [1.29, 1.82) is 0 Å². The molecule has 1 aliphatic heterocycles. The highest BCUT2D eigenvalue weighted by Gasteiger charge is 2.19. The van der Waals surface area contributed by atoms with E-state index in [-0.39, 0.29) is 17.3 Å². The lowest BCUT2D eigenvalue weighted by Crippen LogP contribution is -2.40. The van der Waals surface area contributed by atoms with Gasteiger partial charge >= 0.3 is 0 Å². The lowest BCUT2D eigenvalue weighted by molar-refractivity contribution is 0.0303. The molecule has 9 nitrogen and oxygen atoms in total. The smallest absolute Gasteiger partial charge is 0.293 e. The maximum Gasteiger partial charge on any atom is 0.293 e. The van der Waals surface area contributed by atoms with Gasteiger partial charge in [-0.1, -0.05) is 36.4 Å². The number of carbonyl (C=O) groups is 2. The van der Waals surface area contributed by atoms with Gasteiger partial charge in [0.05, 0.1) is 18.9 Å². The Balaban J connectivity index is 1.45. The van der Waals surface area contributed by atoms with Crippen molar-refractivity contribution in [3.05, 3.63) is 100.0 Å². The second kappa shape index (κ2) is 10.9. The van der Waals surface area contributed by atoms with Gasteiger partial charge in [-0.3, -0.25) is 14.4 Å². The van der Waals surface area contributed by atoms with Crippen LogP contribution in [0.5, 0.6) is 0 Å². The normalized spacial score (nSPS) is 13.2. The Labute approximate surface area is 225 Å². The summed E-state index contributed by atoms with van der Waals surface area (Å²) in [5.41, 5.74) is 10.9. The Bertz CT molecular complexity index is 1600. The topological polar surface area (TPSA) is 120 Å². The molecule has 0 saturated carbocycles. The summed E-state index contributed by atoms with van der Waals surface area (Å²) in [7, 11) is 1.67. The van der Waals surface area contributed by atoms with Crippen molar-refractivity contribution < 1.29 is 14.3 Å². The molecule has 198 valence electrons. The number of primary amides is 1. The first-order valence-electron chi connectivity index (χ1n) is 12.6. The molecule has 9 heteroatoms. The second-order valence-corrected chi connectivity index (χ2v) is 9.39. The first-order valence-corrected chi connectivity index (χ1v) is 12.6. The maximum absolute atomic E-state index is 12.9. The van der Waals surface area contributed by atoms with Gasteiger partial charge in [0.25, 0.3) is 11.5 Å². The summed E-state index contributed by atoms with van der Waals surface area (Å²) in [6, 6.07) is 19.9. The number of carbonyl (C=O) groups excluding carboxylic acids is 2. The van der Waals surface area contributed by atoms with E-state index in [2.05, 4.69) is 10.3 Å². The third-order valence-corrected chi connectivity index (χ3v) is 6.86. The molecule has 4 aromatic rings. The van der Waals surface area contributed by atoms with Crippen molar-refractivity contribution in [2.24, 2.45) is 12.8 Å². The number of ether oxygens (including phenoxy) is 1. The number of hydrogen-bond donors (Lipinski definition) is 2. The molecule has 1 aromatic heterocycles. The molecule has 0 bridgehead atoms. The van der Waals surface area contributed by atoms with E-state index in [9.17, 15) is 14.4 Å². The number of hydrogen-bond acceptors (Lipinski definition) is 6. The zero-order chi connectivity index (χ0) is 27.5. The van der Waals surface area contributed by atoms with E-state index in [1.165, 1.54) is 4.57 Å². The molecule has 0 unspecified atom stereocenters. The SMILES string of the molecule is Cc1c(-c2cn(C)c(=O)c(Nc3ccc(C(=O)N4CCOCC4)cc3)n2)cccc1-c1ccccc1C(N)=O. The maximum atomic E-state index is 12.9. The van der Waals surface area contributed by atoms with Crippen LogP contribution in [-0.4, -0.2) is 52.6 Å². The largest absolute Gasteiger partial charge is 0.378 e. The lowest BCUT2D eigenvalue weighted by Gasteiger charge is -2.26. The average molecular weight is 524 g/mol. The molecule has 1 saturated heterocycles. The number of benzene rings is 3. The molecule has 2 heterocycles. The van der Waals surface area contributed by atoms with Gasteiger partial charge in [0.1, 0.15) is 0 Å². The van der Waals surface area contributed by atoms with Gasteiger partial charge < -0.3 is 25.3 Å². The number of rotatable bonds is 6. The molecular weight excluding hydrogens is 494 g/mol. The summed E-state index contributed by atoms with van der Waals surface area (Å²) < 4.78 is 6.80. The molecule has 0 aliphatic carbocycles. The van der Waals surface area contributed by atoms with Crippen LogP contribution in [0.4, 0.5) is 11.5 Å². The highest BCUT2D eigenvalue weighted by Crippen LogP contribution is 2.33. The summed E-state index contributed by atoms with van der Waals surface area (Å²) >= 11 is 0. The molecule has 39 heavy (non-hydrogen) atoms. The quantitative estimate of drug-likeness (QED) is 0.397. The minimum atomic E-state index is -0.500.